The van der Waals surface area contributed by atoms with E-state index in [2.05, 4.69) is 10.3 Å². The Morgan fingerprint density at radius 1 is 1.37 bits per heavy atom. The van der Waals surface area contributed by atoms with Gasteiger partial charge in [-0.2, -0.15) is 0 Å². The lowest BCUT2D eigenvalue weighted by Crippen LogP contribution is -1.98. The number of ether oxygens (including phenoxy) is 1. The number of nitro groups is 1. The zero-order chi connectivity index (χ0) is 13.8. The molecule has 1 aromatic carbocycles. The predicted molar refractivity (Wildman–Crippen MR) is 72.2 cm³/mol. The molecular formula is C12H10ClN3O3. The SMILES string of the molecule is COc1ccccc1Nc1cc([N+](=O)[O-])cc(Cl)n1. The molecule has 98 valence electrons. The number of anilines is 2. The van der Waals surface area contributed by atoms with Gasteiger partial charge < -0.3 is 10.1 Å². The van der Waals surface area contributed by atoms with Crippen molar-refractivity contribution in [2.24, 2.45) is 0 Å². The van der Waals surface area contributed by atoms with E-state index < -0.39 is 4.92 Å². The minimum atomic E-state index is -0.527. The number of halogens is 1. The molecule has 0 aliphatic carbocycles. The quantitative estimate of drug-likeness (QED) is 0.527. The number of nitrogens with zero attached hydrogens (tertiary/aromatic N) is 2. The molecule has 7 heteroatoms. The van der Waals surface area contributed by atoms with Gasteiger partial charge in [-0.1, -0.05) is 23.7 Å². The maximum absolute atomic E-state index is 10.7. The number of benzene rings is 1. The van der Waals surface area contributed by atoms with Gasteiger partial charge in [0.2, 0.25) is 0 Å². The number of rotatable bonds is 4. The van der Waals surface area contributed by atoms with Crippen LogP contribution in [0.1, 0.15) is 0 Å². The van der Waals surface area contributed by atoms with E-state index in [0.717, 1.165) is 0 Å². The highest BCUT2D eigenvalue weighted by atomic mass is 35.5. The predicted octanol–water partition coefficient (Wildman–Crippen LogP) is 3.40. The summed E-state index contributed by atoms with van der Waals surface area (Å²) in [5.41, 5.74) is 0.520. The minimum Gasteiger partial charge on any atom is -0.495 e. The van der Waals surface area contributed by atoms with Crippen molar-refractivity contribution < 1.29 is 9.66 Å². The highest BCUT2D eigenvalue weighted by Crippen LogP contribution is 2.28. The van der Waals surface area contributed by atoms with E-state index in [1.54, 1.807) is 12.1 Å². The van der Waals surface area contributed by atoms with Crippen molar-refractivity contribution in [3.8, 4) is 5.75 Å². The molecule has 0 bridgehead atoms. The van der Waals surface area contributed by atoms with E-state index in [1.807, 2.05) is 12.1 Å². The summed E-state index contributed by atoms with van der Waals surface area (Å²) < 4.78 is 5.17. The van der Waals surface area contributed by atoms with Gasteiger partial charge in [0.15, 0.2) is 0 Å². The lowest BCUT2D eigenvalue weighted by atomic mass is 10.3. The number of para-hydroxylation sites is 2. The van der Waals surface area contributed by atoms with E-state index in [-0.39, 0.29) is 16.7 Å². The van der Waals surface area contributed by atoms with E-state index >= 15 is 0 Å². The molecular weight excluding hydrogens is 270 g/mol. The molecule has 1 heterocycles. The Labute approximate surface area is 114 Å². The molecule has 2 aromatic rings. The van der Waals surface area contributed by atoms with Gasteiger partial charge in [-0.3, -0.25) is 10.1 Å². The first kappa shape index (κ1) is 13.1. The Hall–Kier alpha value is -2.34. The molecule has 1 aromatic heterocycles. The standard InChI is InChI=1S/C12H10ClN3O3/c1-19-10-5-3-2-4-9(10)14-12-7-8(16(17)18)6-11(13)15-12/h2-7H,1H3,(H,14,15). The highest BCUT2D eigenvalue weighted by Gasteiger charge is 2.11. The molecule has 19 heavy (non-hydrogen) atoms. The molecule has 1 N–H and O–H groups in total. The van der Waals surface area contributed by atoms with Crippen molar-refractivity contribution >= 4 is 28.8 Å². The second-order valence-corrected chi connectivity index (χ2v) is 4.00. The number of hydrogen-bond donors (Lipinski definition) is 1. The van der Waals surface area contributed by atoms with Crippen LogP contribution in [-0.2, 0) is 0 Å². The van der Waals surface area contributed by atoms with Crippen LogP contribution in [-0.4, -0.2) is 17.0 Å². The molecule has 0 spiro atoms. The molecule has 2 rings (SSSR count). The molecule has 0 unspecified atom stereocenters. The monoisotopic (exact) mass is 279 g/mol. The first-order chi connectivity index (χ1) is 9.10. The van der Waals surface area contributed by atoms with Crippen molar-refractivity contribution in [1.82, 2.24) is 4.98 Å². The molecule has 0 saturated carbocycles. The normalized spacial score (nSPS) is 10.0. The molecule has 0 saturated heterocycles. The van der Waals surface area contributed by atoms with Crippen LogP contribution in [0.4, 0.5) is 17.2 Å². The van der Waals surface area contributed by atoms with Gasteiger partial charge in [-0.05, 0) is 12.1 Å². The molecule has 6 nitrogen and oxygen atoms in total. The number of aromatic nitrogens is 1. The average molecular weight is 280 g/mol. The molecule has 0 amide bonds. The zero-order valence-corrected chi connectivity index (χ0v) is 10.7. The van der Waals surface area contributed by atoms with Gasteiger partial charge in [0.25, 0.3) is 5.69 Å². The third-order valence-electron chi connectivity index (χ3n) is 2.36. The first-order valence-corrected chi connectivity index (χ1v) is 5.70. The van der Waals surface area contributed by atoms with Gasteiger partial charge in [-0.15, -0.1) is 0 Å². The summed E-state index contributed by atoms with van der Waals surface area (Å²) in [6.45, 7) is 0. The van der Waals surface area contributed by atoms with Crippen molar-refractivity contribution in [1.29, 1.82) is 0 Å². The number of methoxy groups -OCH3 is 1. The van der Waals surface area contributed by atoms with Crippen LogP contribution in [0.25, 0.3) is 0 Å². The Morgan fingerprint density at radius 2 is 2.11 bits per heavy atom. The summed E-state index contributed by atoms with van der Waals surface area (Å²) in [4.78, 5) is 14.2. The van der Waals surface area contributed by atoms with Crippen LogP contribution in [0.5, 0.6) is 5.75 Å². The van der Waals surface area contributed by atoms with Gasteiger partial charge in [0.05, 0.1) is 29.9 Å². The first-order valence-electron chi connectivity index (χ1n) is 5.32. The van der Waals surface area contributed by atoms with E-state index in [9.17, 15) is 10.1 Å². The van der Waals surface area contributed by atoms with Gasteiger partial charge in [0.1, 0.15) is 16.7 Å². The lowest BCUT2D eigenvalue weighted by molar-refractivity contribution is -0.384. The number of nitrogens with one attached hydrogen (secondary N) is 1. The smallest absolute Gasteiger partial charge is 0.276 e. The minimum absolute atomic E-state index is 0.0478. The van der Waals surface area contributed by atoms with E-state index in [0.29, 0.717) is 11.4 Å². The Kier molecular flexibility index (Phi) is 3.82. The summed E-state index contributed by atoms with van der Waals surface area (Å²) in [5, 5.41) is 13.7. The van der Waals surface area contributed by atoms with Crippen molar-refractivity contribution in [3.63, 3.8) is 0 Å². The lowest BCUT2D eigenvalue weighted by Gasteiger charge is -2.10. The number of pyridine rings is 1. The van der Waals surface area contributed by atoms with Crippen molar-refractivity contribution in [2.75, 3.05) is 12.4 Å². The summed E-state index contributed by atoms with van der Waals surface area (Å²) in [5.74, 6) is 0.885. The fraction of sp³-hybridized carbons (Fsp3) is 0.0833. The van der Waals surface area contributed by atoms with Crippen LogP contribution in [0.2, 0.25) is 5.15 Å². The van der Waals surface area contributed by atoms with Crippen molar-refractivity contribution in [3.05, 3.63) is 51.7 Å². The molecule has 0 fully saturated rings. The maximum Gasteiger partial charge on any atom is 0.276 e. The van der Waals surface area contributed by atoms with Gasteiger partial charge in [-0.25, -0.2) is 4.98 Å². The van der Waals surface area contributed by atoms with Crippen LogP contribution in [0, 0.1) is 10.1 Å². The largest absolute Gasteiger partial charge is 0.495 e. The highest BCUT2D eigenvalue weighted by molar-refractivity contribution is 6.29. The summed E-state index contributed by atoms with van der Waals surface area (Å²) in [6.07, 6.45) is 0. The van der Waals surface area contributed by atoms with Gasteiger partial charge >= 0.3 is 0 Å². The second-order valence-electron chi connectivity index (χ2n) is 3.62. The topological polar surface area (TPSA) is 77.3 Å². The molecule has 0 aliphatic heterocycles. The third-order valence-corrected chi connectivity index (χ3v) is 2.55. The van der Waals surface area contributed by atoms with Crippen molar-refractivity contribution in [2.45, 2.75) is 0 Å². The average Bonchev–Trinajstić information content (AvgIpc) is 2.38. The summed E-state index contributed by atoms with van der Waals surface area (Å²) >= 11 is 5.75. The molecule has 0 aliphatic rings. The maximum atomic E-state index is 10.7. The number of hydrogen-bond acceptors (Lipinski definition) is 5. The zero-order valence-electron chi connectivity index (χ0n) is 9.96. The Morgan fingerprint density at radius 3 is 2.79 bits per heavy atom. The van der Waals surface area contributed by atoms with Gasteiger partial charge in [0, 0.05) is 0 Å². The van der Waals surface area contributed by atoms with Crippen LogP contribution < -0.4 is 10.1 Å². The fourth-order valence-electron chi connectivity index (χ4n) is 1.54. The summed E-state index contributed by atoms with van der Waals surface area (Å²) in [6, 6.07) is 9.66. The summed E-state index contributed by atoms with van der Waals surface area (Å²) in [7, 11) is 1.54. The van der Waals surface area contributed by atoms with Crippen LogP contribution in [0.3, 0.4) is 0 Å². The Balaban J connectivity index is 2.35. The molecule has 0 atom stereocenters. The molecule has 0 radical (unpaired) electrons. The second kappa shape index (κ2) is 5.53. The van der Waals surface area contributed by atoms with E-state index in [4.69, 9.17) is 16.3 Å². The Bertz CT molecular complexity index is 619. The fourth-order valence-corrected chi connectivity index (χ4v) is 1.74. The van der Waals surface area contributed by atoms with E-state index in [1.165, 1.54) is 19.2 Å². The third kappa shape index (κ3) is 3.11. The van der Waals surface area contributed by atoms with Crippen LogP contribution >= 0.6 is 11.6 Å². The van der Waals surface area contributed by atoms with Crippen LogP contribution in [0.15, 0.2) is 36.4 Å².